The molecule has 18 heavy (non-hydrogen) atoms. The van der Waals surface area contributed by atoms with Crippen LogP contribution in [-0.2, 0) is 17.2 Å². The van der Waals surface area contributed by atoms with Crippen LogP contribution in [0.1, 0.15) is 31.7 Å². The second kappa shape index (κ2) is 7.04. The Morgan fingerprint density at radius 1 is 1.44 bits per heavy atom. The summed E-state index contributed by atoms with van der Waals surface area (Å²) in [4.78, 5) is 8.60. The summed E-state index contributed by atoms with van der Waals surface area (Å²) < 4.78 is 11.2. The van der Waals surface area contributed by atoms with Gasteiger partial charge >= 0.3 is 0 Å². The Hall–Kier alpha value is -0.680. The van der Waals surface area contributed by atoms with Crippen LogP contribution in [0.4, 0.5) is 5.82 Å². The molecule has 1 aromatic heterocycles. The lowest BCUT2D eigenvalue weighted by Crippen LogP contribution is -2.16. The number of hydrogen-bond acceptors (Lipinski definition) is 4. The van der Waals surface area contributed by atoms with Crippen molar-refractivity contribution >= 4 is 28.2 Å². The van der Waals surface area contributed by atoms with Crippen molar-refractivity contribution in [2.75, 3.05) is 18.1 Å². The summed E-state index contributed by atoms with van der Waals surface area (Å²) in [6.45, 7) is 6.60. The highest BCUT2D eigenvalue weighted by atomic mass is 35.5. The van der Waals surface area contributed by atoms with Gasteiger partial charge in [0.25, 0.3) is 0 Å². The van der Waals surface area contributed by atoms with Gasteiger partial charge < -0.3 is 5.32 Å². The van der Waals surface area contributed by atoms with Crippen LogP contribution in [0.2, 0.25) is 5.15 Å². The number of hydrogen-bond donors (Lipinski definition) is 1. The lowest BCUT2D eigenvalue weighted by atomic mass is 10.3. The van der Waals surface area contributed by atoms with Gasteiger partial charge in [0.15, 0.2) is 0 Å². The van der Waals surface area contributed by atoms with E-state index in [1.54, 1.807) is 6.26 Å². The molecule has 4 nitrogen and oxygen atoms in total. The third-order valence-electron chi connectivity index (χ3n) is 2.86. The van der Waals surface area contributed by atoms with Gasteiger partial charge in [0, 0.05) is 40.8 Å². The highest BCUT2D eigenvalue weighted by Gasteiger charge is 2.10. The van der Waals surface area contributed by atoms with Crippen molar-refractivity contribution in [2.24, 2.45) is 0 Å². The normalized spacial score (nSPS) is 14.3. The van der Waals surface area contributed by atoms with Crippen molar-refractivity contribution in [1.29, 1.82) is 0 Å². The molecule has 6 heteroatoms. The first-order valence-corrected chi connectivity index (χ1v) is 8.04. The van der Waals surface area contributed by atoms with Crippen molar-refractivity contribution in [3.63, 3.8) is 0 Å². The molecule has 0 fully saturated rings. The smallest absolute Gasteiger partial charge is 0.137 e. The molecule has 0 radical (unpaired) electrons. The molecule has 2 unspecified atom stereocenters. The molecule has 0 aromatic carbocycles. The Labute approximate surface area is 116 Å². The predicted octanol–water partition coefficient (Wildman–Crippen LogP) is 2.57. The number of rotatable bonds is 6. The van der Waals surface area contributed by atoms with Gasteiger partial charge in [-0.25, -0.2) is 9.97 Å². The third-order valence-corrected chi connectivity index (χ3v) is 4.60. The zero-order valence-electron chi connectivity index (χ0n) is 11.3. The molecule has 0 amide bonds. The summed E-state index contributed by atoms with van der Waals surface area (Å²) in [6.07, 6.45) is 3.32. The first-order valence-electron chi connectivity index (χ1n) is 6.04. The second-order valence-corrected chi connectivity index (χ2v) is 6.44. The van der Waals surface area contributed by atoms with Crippen molar-refractivity contribution in [1.82, 2.24) is 9.97 Å². The molecule has 1 aromatic rings. The molecular formula is C12H20ClN3OS. The molecular weight excluding hydrogens is 270 g/mol. The van der Waals surface area contributed by atoms with E-state index in [9.17, 15) is 4.21 Å². The van der Waals surface area contributed by atoms with Gasteiger partial charge in [-0.2, -0.15) is 0 Å². The van der Waals surface area contributed by atoms with E-state index in [2.05, 4.69) is 15.3 Å². The van der Waals surface area contributed by atoms with Crippen LogP contribution < -0.4 is 5.32 Å². The van der Waals surface area contributed by atoms with Gasteiger partial charge in [-0.15, -0.1) is 0 Å². The van der Waals surface area contributed by atoms with Crippen molar-refractivity contribution in [3.05, 3.63) is 16.5 Å². The maximum Gasteiger partial charge on any atom is 0.137 e. The molecule has 0 aliphatic rings. The number of anilines is 1. The van der Waals surface area contributed by atoms with Crippen molar-refractivity contribution in [2.45, 2.75) is 38.9 Å². The molecule has 0 spiro atoms. The number of nitrogens with one attached hydrogen (secondary N) is 1. The molecule has 102 valence electrons. The fourth-order valence-electron chi connectivity index (χ4n) is 1.42. The van der Waals surface area contributed by atoms with E-state index in [1.165, 1.54) is 0 Å². The van der Waals surface area contributed by atoms with Gasteiger partial charge in [-0.05, 0) is 13.3 Å². The first kappa shape index (κ1) is 15.4. The Morgan fingerprint density at radius 2 is 2.11 bits per heavy atom. The van der Waals surface area contributed by atoms with Crippen LogP contribution in [0, 0.1) is 6.92 Å². The summed E-state index contributed by atoms with van der Waals surface area (Å²) in [5.41, 5.74) is 0.860. The van der Waals surface area contributed by atoms with E-state index in [4.69, 9.17) is 11.6 Å². The molecule has 0 bridgehead atoms. The lowest BCUT2D eigenvalue weighted by Gasteiger charge is -2.12. The number of halogens is 1. The van der Waals surface area contributed by atoms with E-state index in [-0.39, 0.29) is 5.25 Å². The molecule has 0 aliphatic carbocycles. The summed E-state index contributed by atoms with van der Waals surface area (Å²) in [5.74, 6) is 1.51. The number of aromatic nitrogens is 2. The van der Waals surface area contributed by atoms with Gasteiger partial charge in [0.05, 0.1) is 0 Å². The van der Waals surface area contributed by atoms with Crippen LogP contribution in [0.5, 0.6) is 0 Å². The highest BCUT2D eigenvalue weighted by Crippen LogP contribution is 2.20. The molecule has 1 N–H and O–H groups in total. The first-order chi connectivity index (χ1) is 8.45. The zero-order valence-corrected chi connectivity index (χ0v) is 12.9. The minimum absolute atomic E-state index is 0.181. The average Bonchev–Trinajstić information content (AvgIpc) is 2.33. The van der Waals surface area contributed by atoms with Crippen LogP contribution >= 0.6 is 11.6 Å². The van der Waals surface area contributed by atoms with E-state index in [0.29, 0.717) is 5.15 Å². The van der Waals surface area contributed by atoms with Crippen molar-refractivity contribution < 1.29 is 4.21 Å². The predicted molar refractivity (Wildman–Crippen MR) is 77.8 cm³/mol. The van der Waals surface area contributed by atoms with E-state index < -0.39 is 10.8 Å². The zero-order chi connectivity index (χ0) is 13.7. The van der Waals surface area contributed by atoms with Gasteiger partial charge in [-0.3, -0.25) is 4.21 Å². The molecule has 0 saturated heterocycles. The highest BCUT2D eigenvalue weighted by molar-refractivity contribution is 7.84. The van der Waals surface area contributed by atoms with Gasteiger partial charge in [0.1, 0.15) is 16.8 Å². The SMILES string of the molecule is CCc1nc(Cl)c(C)c(NCCC(C)S(C)=O)n1. The molecule has 0 aliphatic heterocycles. The maximum absolute atomic E-state index is 11.2. The summed E-state index contributed by atoms with van der Waals surface area (Å²) in [5, 5.41) is 3.92. The van der Waals surface area contributed by atoms with E-state index in [0.717, 1.165) is 36.6 Å². The minimum atomic E-state index is -0.783. The maximum atomic E-state index is 11.2. The van der Waals surface area contributed by atoms with E-state index in [1.807, 2.05) is 20.8 Å². The Bertz CT molecular complexity index is 440. The minimum Gasteiger partial charge on any atom is -0.370 e. The second-order valence-electron chi connectivity index (χ2n) is 4.28. The van der Waals surface area contributed by atoms with Crippen LogP contribution in [0.15, 0.2) is 0 Å². The fraction of sp³-hybridized carbons (Fsp3) is 0.667. The lowest BCUT2D eigenvalue weighted by molar-refractivity contribution is 0.672. The van der Waals surface area contributed by atoms with Crippen LogP contribution in [0.3, 0.4) is 0 Å². The van der Waals surface area contributed by atoms with E-state index >= 15 is 0 Å². The molecule has 2 atom stereocenters. The standard InChI is InChI=1S/C12H20ClN3OS/c1-5-10-15-11(13)9(3)12(16-10)14-7-6-8(2)18(4)17/h8H,5-7H2,1-4H3,(H,14,15,16). The largest absolute Gasteiger partial charge is 0.370 e. The quantitative estimate of drug-likeness (QED) is 0.818. The Morgan fingerprint density at radius 3 is 2.67 bits per heavy atom. The number of nitrogens with zero attached hydrogens (tertiary/aromatic N) is 2. The third kappa shape index (κ3) is 4.21. The van der Waals surface area contributed by atoms with Crippen LogP contribution in [0.25, 0.3) is 0 Å². The summed E-state index contributed by atoms with van der Waals surface area (Å²) >= 11 is 6.05. The average molecular weight is 290 g/mol. The van der Waals surface area contributed by atoms with Crippen molar-refractivity contribution in [3.8, 4) is 0 Å². The Balaban J connectivity index is 2.67. The molecule has 1 heterocycles. The summed E-state index contributed by atoms with van der Waals surface area (Å²) in [6, 6.07) is 0. The Kier molecular flexibility index (Phi) is 6.02. The topological polar surface area (TPSA) is 54.9 Å². The number of aryl methyl sites for hydroxylation is 1. The van der Waals surface area contributed by atoms with Gasteiger partial charge in [-0.1, -0.05) is 25.4 Å². The molecule has 1 rings (SSSR count). The monoisotopic (exact) mass is 289 g/mol. The fourth-order valence-corrected chi connectivity index (χ4v) is 2.06. The van der Waals surface area contributed by atoms with Gasteiger partial charge in [0.2, 0.25) is 0 Å². The summed E-state index contributed by atoms with van der Waals surface area (Å²) in [7, 11) is -0.783. The van der Waals surface area contributed by atoms with Crippen LogP contribution in [-0.4, -0.2) is 32.2 Å². The molecule has 0 saturated carbocycles.